The largest absolute Gasteiger partial charge is 0.424 e. The first kappa shape index (κ1) is 9.56. The standard InChI is InChI=1S/C4HF7O/c5-1(6)2(7,8)3(9)4(10,11)12-3/h1H. The molecule has 12 heavy (non-hydrogen) atoms. The number of hydrogen-bond donors (Lipinski definition) is 0. The number of hydrogen-bond acceptors (Lipinski definition) is 1. The van der Waals surface area contributed by atoms with E-state index in [1.165, 1.54) is 0 Å². The third-order valence-electron chi connectivity index (χ3n) is 1.30. The average molecular weight is 198 g/mol. The van der Waals surface area contributed by atoms with Crippen molar-refractivity contribution in [1.29, 1.82) is 0 Å². The van der Waals surface area contributed by atoms with Crippen molar-refractivity contribution in [3.05, 3.63) is 0 Å². The summed E-state index contributed by atoms with van der Waals surface area (Å²) in [5, 5.41) is 0. The topological polar surface area (TPSA) is 12.5 Å². The Morgan fingerprint density at radius 2 is 1.42 bits per heavy atom. The number of ether oxygens (including phenoxy) is 1. The van der Waals surface area contributed by atoms with Crippen molar-refractivity contribution < 1.29 is 35.5 Å². The summed E-state index contributed by atoms with van der Waals surface area (Å²) in [4.78, 5) is 0. The fourth-order valence-corrected chi connectivity index (χ4v) is 0.554. The van der Waals surface area contributed by atoms with Crippen molar-refractivity contribution in [3.63, 3.8) is 0 Å². The van der Waals surface area contributed by atoms with Crippen molar-refractivity contribution in [3.8, 4) is 0 Å². The van der Waals surface area contributed by atoms with Crippen LogP contribution in [-0.2, 0) is 4.74 Å². The van der Waals surface area contributed by atoms with E-state index in [0.717, 1.165) is 0 Å². The quantitative estimate of drug-likeness (QED) is 0.489. The van der Waals surface area contributed by atoms with Gasteiger partial charge in [-0.15, -0.1) is 0 Å². The van der Waals surface area contributed by atoms with E-state index in [9.17, 15) is 30.7 Å². The van der Waals surface area contributed by atoms with Crippen LogP contribution in [0.2, 0.25) is 0 Å². The van der Waals surface area contributed by atoms with E-state index in [1.54, 1.807) is 0 Å². The van der Waals surface area contributed by atoms with Gasteiger partial charge >= 0.3 is 24.3 Å². The molecule has 0 aliphatic carbocycles. The summed E-state index contributed by atoms with van der Waals surface area (Å²) in [5.41, 5.74) is 0. The minimum Gasteiger partial charge on any atom is -0.265 e. The van der Waals surface area contributed by atoms with E-state index in [1.807, 2.05) is 0 Å². The van der Waals surface area contributed by atoms with Gasteiger partial charge in [0.15, 0.2) is 0 Å². The van der Waals surface area contributed by atoms with E-state index in [4.69, 9.17) is 0 Å². The second-order valence-electron chi connectivity index (χ2n) is 2.14. The van der Waals surface area contributed by atoms with Crippen LogP contribution in [0.15, 0.2) is 0 Å². The molecule has 0 radical (unpaired) electrons. The van der Waals surface area contributed by atoms with Crippen LogP contribution in [0.25, 0.3) is 0 Å². The van der Waals surface area contributed by atoms with E-state index in [-0.39, 0.29) is 0 Å². The SMILES string of the molecule is FC(F)C(F)(F)C1(F)OC1(F)F. The minimum absolute atomic E-state index is 2.59. The summed E-state index contributed by atoms with van der Waals surface area (Å²) < 4.78 is 84.3. The zero-order valence-corrected chi connectivity index (χ0v) is 5.13. The van der Waals surface area contributed by atoms with Crippen LogP contribution in [0.5, 0.6) is 0 Å². The molecule has 0 aromatic heterocycles. The van der Waals surface area contributed by atoms with Gasteiger partial charge in [0.1, 0.15) is 0 Å². The maximum atomic E-state index is 12.1. The third-order valence-corrected chi connectivity index (χ3v) is 1.30. The second-order valence-corrected chi connectivity index (χ2v) is 2.14. The molecule has 0 bridgehead atoms. The van der Waals surface area contributed by atoms with E-state index in [0.29, 0.717) is 0 Å². The molecule has 0 spiro atoms. The molecule has 1 unspecified atom stereocenters. The number of alkyl halides is 7. The van der Waals surface area contributed by atoms with Gasteiger partial charge in [-0.25, -0.2) is 8.78 Å². The van der Waals surface area contributed by atoms with Crippen molar-refractivity contribution in [2.75, 3.05) is 0 Å². The first-order valence-electron chi connectivity index (χ1n) is 2.58. The molecule has 1 saturated heterocycles. The predicted octanol–water partition coefficient (Wildman–Crippen LogP) is 2.18. The molecule has 0 N–H and O–H groups in total. The Kier molecular flexibility index (Phi) is 1.62. The maximum absolute atomic E-state index is 12.1. The molecule has 72 valence electrons. The van der Waals surface area contributed by atoms with Gasteiger partial charge in [-0.05, 0) is 0 Å². The number of epoxide rings is 1. The number of halogens is 7. The fraction of sp³-hybridized carbons (Fsp3) is 1.00. The highest BCUT2D eigenvalue weighted by atomic mass is 19.3. The van der Waals surface area contributed by atoms with Crippen LogP contribution >= 0.6 is 0 Å². The highest BCUT2D eigenvalue weighted by Gasteiger charge is 2.90. The first-order valence-corrected chi connectivity index (χ1v) is 2.58. The van der Waals surface area contributed by atoms with Crippen molar-refractivity contribution >= 4 is 0 Å². The van der Waals surface area contributed by atoms with Crippen LogP contribution in [0.3, 0.4) is 0 Å². The fourth-order valence-electron chi connectivity index (χ4n) is 0.554. The Morgan fingerprint density at radius 1 is 1.08 bits per heavy atom. The average Bonchev–Trinajstić information content (AvgIpc) is 2.33. The summed E-state index contributed by atoms with van der Waals surface area (Å²) in [6, 6.07) is 0. The molecule has 0 amide bonds. The lowest BCUT2D eigenvalue weighted by atomic mass is 10.2. The van der Waals surface area contributed by atoms with E-state index < -0.39 is 24.3 Å². The van der Waals surface area contributed by atoms with Crippen LogP contribution in [0, 0.1) is 0 Å². The van der Waals surface area contributed by atoms with Gasteiger partial charge in [-0.1, -0.05) is 0 Å². The molecule has 1 rings (SSSR count). The molecule has 0 aromatic rings. The predicted molar refractivity (Wildman–Crippen MR) is 20.8 cm³/mol. The van der Waals surface area contributed by atoms with E-state index >= 15 is 0 Å². The van der Waals surface area contributed by atoms with E-state index in [2.05, 4.69) is 4.74 Å². The van der Waals surface area contributed by atoms with Crippen molar-refractivity contribution in [2.45, 2.75) is 24.3 Å². The summed E-state index contributed by atoms with van der Waals surface area (Å²) in [6.07, 6.45) is -9.36. The Labute approximate surface area is 61.1 Å². The highest BCUT2D eigenvalue weighted by Crippen LogP contribution is 2.61. The Morgan fingerprint density at radius 3 is 1.50 bits per heavy atom. The molecule has 1 aliphatic rings. The molecule has 1 aliphatic heterocycles. The summed E-state index contributed by atoms with van der Waals surface area (Å²) in [6.45, 7) is 0. The lowest BCUT2D eigenvalue weighted by Crippen LogP contribution is -2.43. The Hall–Kier alpha value is -0.530. The Balaban J connectivity index is 2.85. The van der Waals surface area contributed by atoms with Gasteiger partial charge in [0.2, 0.25) is 0 Å². The molecule has 1 nitrogen and oxygen atoms in total. The van der Waals surface area contributed by atoms with Crippen LogP contribution in [-0.4, -0.2) is 24.3 Å². The van der Waals surface area contributed by atoms with Gasteiger partial charge in [-0.2, -0.15) is 22.0 Å². The molecule has 0 saturated carbocycles. The molecule has 8 heteroatoms. The molecule has 0 aromatic carbocycles. The zero-order chi connectivity index (χ0) is 9.78. The monoisotopic (exact) mass is 198 g/mol. The zero-order valence-electron chi connectivity index (χ0n) is 5.13. The van der Waals surface area contributed by atoms with Gasteiger partial charge in [0.25, 0.3) is 0 Å². The van der Waals surface area contributed by atoms with Crippen molar-refractivity contribution in [1.82, 2.24) is 0 Å². The highest BCUT2D eigenvalue weighted by molar-refractivity contribution is 5.05. The lowest BCUT2D eigenvalue weighted by Gasteiger charge is -2.14. The smallest absolute Gasteiger partial charge is 0.265 e. The van der Waals surface area contributed by atoms with Gasteiger partial charge < -0.3 is 0 Å². The normalized spacial score (nSPS) is 34.0. The van der Waals surface area contributed by atoms with Gasteiger partial charge in [0.05, 0.1) is 0 Å². The lowest BCUT2D eigenvalue weighted by molar-refractivity contribution is -0.216. The minimum atomic E-state index is -5.49. The number of rotatable bonds is 2. The molecular weight excluding hydrogens is 197 g/mol. The molecule has 1 atom stereocenters. The van der Waals surface area contributed by atoms with Gasteiger partial charge in [-0.3, -0.25) is 4.74 Å². The summed E-state index contributed by atoms with van der Waals surface area (Å²) in [5.74, 6) is -10.3. The Bertz CT molecular complexity index is 199. The van der Waals surface area contributed by atoms with Crippen LogP contribution in [0.1, 0.15) is 0 Å². The molecule has 1 heterocycles. The van der Waals surface area contributed by atoms with Crippen LogP contribution < -0.4 is 0 Å². The van der Waals surface area contributed by atoms with Crippen LogP contribution in [0.4, 0.5) is 30.7 Å². The molecular formula is C4HF7O. The molecule has 1 fully saturated rings. The summed E-state index contributed by atoms with van der Waals surface area (Å²) in [7, 11) is 0. The second kappa shape index (κ2) is 2.04. The maximum Gasteiger partial charge on any atom is 0.424 e. The van der Waals surface area contributed by atoms with Crippen molar-refractivity contribution in [2.24, 2.45) is 0 Å². The first-order chi connectivity index (χ1) is 5.15. The van der Waals surface area contributed by atoms with Gasteiger partial charge in [0, 0.05) is 0 Å². The summed E-state index contributed by atoms with van der Waals surface area (Å²) >= 11 is 0. The third kappa shape index (κ3) is 0.900.